The predicted molar refractivity (Wildman–Crippen MR) is 111 cm³/mol. The van der Waals surface area contributed by atoms with Crippen molar-refractivity contribution in [1.82, 2.24) is 5.32 Å². The van der Waals surface area contributed by atoms with E-state index in [0.29, 0.717) is 5.11 Å². The van der Waals surface area contributed by atoms with E-state index in [1.165, 1.54) is 43.5 Å². The van der Waals surface area contributed by atoms with Gasteiger partial charge in [-0.25, -0.2) is 0 Å². The first-order valence-corrected chi connectivity index (χ1v) is 9.74. The van der Waals surface area contributed by atoms with Gasteiger partial charge in [0, 0.05) is 17.8 Å². The number of hydrogen-bond acceptors (Lipinski definition) is 2. The summed E-state index contributed by atoms with van der Waals surface area (Å²) in [7, 11) is 1.66. The highest BCUT2D eigenvalue weighted by Gasteiger charge is 2.15. The Balaban J connectivity index is 1.54. The van der Waals surface area contributed by atoms with Crippen molar-refractivity contribution in [3.05, 3.63) is 59.7 Å². The van der Waals surface area contributed by atoms with Crippen LogP contribution in [0.2, 0.25) is 0 Å². The third-order valence-electron chi connectivity index (χ3n) is 4.91. The van der Waals surface area contributed by atoms with Gasteiger partial charge in [-0.3, -0.25) is 0 Å². The molecule has 1 fully saturated rings. The van der Waals surface area contributed by atoms with Crippen LogP contribution in [-0.4, -0.2) is 25.3 Å². The molecule has 3 N–H and O–H groups in total. The van der Waals surface area contributed by atoms with Gasteiger partial charge in [0.15, 0.2) is 5.11 Å². The fourth-order valence-electron chi connectivity index (χ4n) is 3.43. The van der Waals surface area contributed by atoms with Crippen LogP contribution in [0.25, 0.3) is 0 Å². The maximum absolute atomic E-state index is 5.44. The van der Waals surface area contributed by atoms with Gasteiger partial charge in [0.05, 0.1) is 20.2 Å². The summed E-state index contributed by atoms with van der Waals surface area (Å²) in [4.78, 5) is 1.70. The quantitative estimate of drug-likeness (QED) is 0.684. The average molecular weight is 371 g/mol. The standard InChI is InChI=1S/C21H27N3OS/c1-25-20-11-9-19(10-12-20)23-21(26)22-15-17-7-3-4-8-18(17)16-24-13-5-2-6-14-24/h3-4,7-12H,2,5-6,13-16H2,1H3,(H2,22,23,26)/p+1. The van der Waals surface area contributed by atoms with Crippen LogP contribution in [0.3, 0.4) is 0 Å². The van der Waals surface area contributed by atoms with Crippen LogP contribution in [-0.2, 0) is 13.1 Å². The Hall–Kier alpha value is -2.11. The largest absolute Gasteiger partial charge is 0.497 e. The van der Waals surface area contributed by atoms with E-state index in [2.05, 4.69) is 34.9 Å². The van der Waals surface area contributed by atoms with E-state index in [9.17, 15) is 0 Å². The number of quaternary nitrogens is 1. The Labute approximate surface area is 161 Å². The highest BCUT2D eigenvalue weighted by molar-refractivity contribution is 7.80. The van der Waals surface area contributed by atoms with Crippen LogP contribution in [0.1, 0.15) is 30.4 Å². The Morgan fingerprint density at radius 1 is 1.00 bits per heavy atom. The molecule has 0 amide bonds. The first-order chi connectivity index (χ1) is 12.7. The molecule has 0 saturated carbocycles. The second-order valence-electron chi connectivity index (χ2n) is 6.79. The van der Waals surface area contributed by atoms with E-state index in [0.717, 1.165) is 24.5 Å². The number of hydrogen-bond donors (Lipinski definition) is 3. The lowest BCUT2D eigenvalue weighted by Gasteiger charge is -2.24. The highest BCUT2D eigenvalue weighted by atomic mass is 32.1. The SMILES string of the molecule is COc1ccc(NC(=S)NCc2ccccc2C[NH+]2CCCCC2)cc1. The van der Waals surface area contributed by atoms with Crippen molar-refractivity contribution in [2.45, 2.75) is 32.4 Å². The Kier molecular flexibility index (Phi) is 6.86. The molecular weight excluding hydrogens is 342 g/mol. The van der Waals surface area contributed by atoms with Gasteiger partial charge >= 0.3 is 0 Å². The molecule has 1 aliphatic rings. The number of piperidine rings is 1. The molecule has 0 bridgehead atoms. The van der Waals surface area contributed by atoms with Gasteiger partial charge < -0.3 is 20.3 Å². The summed E-state index contributed by atoms with van der Waals surface area (Å²) in [5.41, 5.74) is 3.70. The predicted octanol–water partition coefficient (Wildman–Crippen LogP) is 2.75. The normalized spacial score (nSPS) is 14.7. The molecular formula is C21H28N3OS+. The van der Waals surface area contributed by atoms with E-state index in [4.69, 9.17) is 17.0 Å². The van der Waals surface area contributed by atoms with E-state index in [-0.39, 0.29) is 0 Å². The van der Waals surface area contributed by atoms with E-state index in [1.807, 2.05) is 24.3 Å². The van der Waals surface area contributed by atoms with Crippen molar-refractivity contribution in [3.8, 4) is 5.75 Å². The molecule has 0 spiro atoms. The van der Waals surface area contributed by atoms with Gasteiger partial charge in [-0.1, -0.05) is 24.3 Å². The Morgan fingerprint density at radius 3 is 2.38 bits per heavy atom. The molecule has 0 atom stereocenters. The van der Waals surface area contributed by atoms with Crippen molar-refractivity contribution in [2.75, 3.05) is 25.5 Å². The van der Waals surface area contributed by atoms with E-state index < -0.39 is 0 Å². The van der Waals surface area contributed by atoms with Gasteiger partial charge in [0.1, 0.15) is 12.3 Å². The van der Waals surface area contributed by atoms with Crippen LogP contribution < -0.4 is 20.3 Å². The summed E-state index contributed by atoms with van der Waals surface area (Å²) in [5.74, 6) is 0.837. The third-order valence-corrected chi connectivity index (χ3v) is 5.15. The molecule has 1 saturated heterocycles. The summed E-state index contributed by atoms with van der Waals surface area (Å²) in [5, 5.41) is 7.19. The molecule has 1 heterocycles. The van der Waals surface area contributed by atoms with Crippen molar-refractivity contribution in [1.29, 1.82) is 0 Å². The van der Waals surface area contributed by atoms with Crippen LogP contribution >= 0.6 is 12.2 Å². The minimum atomic E-state index is 0.635. The first-order valence-electron chi connectivity index (χ1n) is 9.34. The van der Waals surface area contributed by atoms with Gasteiger partial charge in [0.2, 0.25) is 0 Å². The van der Waals surface area contributed by atoms with Crippen LogP contribution in [0.4, 0.5) is 5.69 Å². The van der Waals surface area contributed by atoms with Gasteiger partial charge in [-0.05, 0) is 61.3 Å². The van der Waals surface area contributed by atoms with Gasteiger partial charge in [0.25, 0.3) is 0 Å². The highest BCUT2D eigenvalue weighted by Crippen LogP contribution is 2.15. The lowest BCUT2D eigenvalue weighted by molar-refractivity contribution is -0.918. The molecule has 2 aromatic rings. The summed E-state index contributed by atoms with van der Waals surface area (Å²) >= 11 is 5.44. The number of thiocarbonyl (C=S) groups is 1. The fourth-order valence-corrected chi connectivity index (χ4v) is 3.62. The molecule has 5 heteroatoms. The van der Waals surface area contributed by atoms with Crippen molar-refractivity contribution in [3.63, 3.8) is 0 Å². The van der Waals surface area contributed by atoms with Crippen molar-refractivity contribution in [2.24, 2.45) is 0 Å². The molecule has 2 aromatic carbocycles. The molecule has 1 aliphatic heterocycles. The summed E-state index contributed by atoms with van der Waals surface area (Å²) in [6, 6.07) is 16.4. The molecule has 0 unspecified atom stereocenters. The molecule has 0 radical (unpaired) electrons. The second-order valence-corrected chi connectivity index (χ2v) is 7.20. The molecule has 0 aromatic heterocycles. The number of likely N-dealkylation sites (tertiary alicyclic amines) is 1. The molecule has 0 aliphatic carbocycles. The number of methoxy groups -OCH3 is 1. The lowest BCUT2D eigenvalue weighted by Crippen LogP contribution is -3.11. The number of rotatable bonds is 6. The molecule has 26 heavy (non-hydrogen) atoms. The van der Waals surface area contributed by atoms with Crippen LogP contribution in [0.15, 0.2) is 48.5 Å². The van der Waals surface area contributed by atoms with E-state index in [1.54, 1.807) is 12.0 Å². The third kappa shape index (κ3) is 5.44. The summed E-state index contributed by atoms with van der Waals surface area (Å²) < 4.78 is 5.18. The number of benzene rings is 2. The summed E-state index contributed by atoms with van der Waals surface area (Å²) in [6.07, 6.45) is 4.09. The monoisotopic (exact) mass is 370 g/mol. The van der Waals surface area contributed by atoms with Crippen molar-refractivity contribution < 1.29 is 9.64 Å². The number of anilines is 1. The maximum Gasteiger partial charge on any atom is 0.171 e. The first kappa shape index (κ1) is 18.7. The van der Waals surface area contributed by atoms with Gasteiger partial charge in [-0.2, -0.15) is 0 Å². The molecule has 3 rings (SSSR count). The second kappa shape index (κ2) is 9.55. The zero-order valence-electron chi connectivity index (χ0n) is 15.4. The number of nitrogens with one attached hydrogen (secondary N) is 3. The van der Waals surface area contributed by atoms with Crippen molar-refractivity contribution >= 4 is 23.0 Å². The van der Waals surface area contributed by atoms with Crippen LogP contribution in [0.5, 0.6) is 5.75 Å². The lowest BCUT2D eigenvalue weighted by atomic mass is 10.0. The maximum atomic E-state index is 5.44. The average Bonchev–Trinajstić information content (AvgIpc) is 2.69. The van der Waals surface area contributed by atoms with E-state index >= 15 is 0 Å². The Bertz CT molecular complexity index is 711. The van der Waals surface area contributed by atoms with Gasteiger partial charge in [-0.15, -0.1) is 0 Å². The fraction of sp³-hybridized carbons (Fsp3) is 0.381. The summed E-state index contributed by atoms with van der Waals surface area (Å²) in [6.45, 7) is 4.43. The zero-order chi connectivity index (χ0) is 18.2. The smallest absolute Gasteiger partial charge is 0.171 e. The minimum absolute atomic E-state index is 0.635. The molecule has 138 valence electrons. The Morgan fingerprint density at radius 2 is 1.69 bits per heavy atom. The van der Waals surface area contributed by atoms with Crippen LogP contribution in [0, 0.1) is 0 Å². The molecule has 4 nitrogen and oxygen atoms in total. The minimum Gasteiger partial charge on any atom is -0.497 e. The zero-order valence-corrected chi connectivity index (χ0v) is 16.2. The number of ether oxygens (including phenoxy) is 1. The topological polar surface area (TPSA) is 37.7 Å².